The smallest absolute Gasteiger partial charge is 0.193 e. The fourth-order valence-corrected chi connectivity index (χ4v) is 5.29. The second-order valence-electron chi connectivity index (χ2n) is 9.05. The van der Waals surface area contributed by atoms with Gasteiger partial charge >= 0.3 is 0 Å². The summed E-state index contributed by atoms with van der Waals surface area (Å²) >= 11 is 0. The Bertz CT molecular complexity index is 684. The topological polar surface area (TPSA) is 56.9 Å². The van der Waals surface area contributed by atoms with E-state index in [1.165, 1.54) is 75.6 Å². The molecule has 0 bridgehead atoms. The summed E-state index contributed by atoms with van der Waals surface area (Å²) in [6.07, 6.45) is 11.3. The lowest BCUT2D eigenvalue weighted by Crippen LogP contribution is -2.58. The fraction of sp³-hybridized carbons (Fsp3) is 0.696. The maximum atomic E-state index is 6.38. The van der Waals surface area contributed by atoms with Crippen LogP contribution in [0.15, 0.2) is 23.2 Å². The summed E-state index contributed by atoms with van der Waals surface area (Å²) in [6.45, 7) is 5.57. The first-order valence-electron chi connectivity index (χ1n) is 11.3. The highest BCUT2D eigenvalue weighted by atomic mass is 15.3. The molecule has 4 rings (SSSR count). The molecule has 3 aliphatic rings. The Labute approximate surface area is 170 Å². The minimum absolute atomic E-state index is 0.190. The van der Waals surface area contributed by atoms with Gasteiger partial charge in [-0.05, 0) is 102 Å². The molecule has 28 heavy (non-hydrogen) atoms. The van der Waals surface area contributed by atoms with Gasteiger partial charge in [0, 0.05) is 11.2 Å². The summed E-state index contributed by atoms with van der Waals surface area (Å²) in [5, 5.41) is 3.44. The first-order valence-corrected chi connectivity index (χ1v) is 11.3. The lowest BCUT2D eigenvalue weighted by molar-refractivity contribution is 0.0209. The number of aryl methyl sites for hydroxylation is 1. The Kier molecular flexibility index (Phi) is 6.22. The van der Waals surface area contributed by atoms with Crippen LogP contribution in [0.25, 0.3) is 0 Å². The highest BCUT2D eigenvalue weighted by molar-refractivity contribution is 5.93. The van der Waals surface area contributed by atoms with Crippen molar-refractivity contribution in [3.63, 3.8) is 0 Å². The van der Waals surface area contributed by atoms with E-state index in [1.807, 2.05) is 0 Å². The molecule has 0 amide bonds. The largest absolute Gasteiger partial charge is 0.370 e. The van der Waals surface area contributed by atoms with E-state index in [1.54, 1.807) is 0 Å². The summed E-state index contributed by atoms with van der Waals surface area (Å²) < 4.78 is 0. The molecule has 2 fully saturated rings. The number of nitrogens with one attached hydrogen (secondary N) is 1. The van der Waals surface area contributed by atoms with E-state index in [2.05, 4.69) is 40.4 Å². The van der Waals surface area contributed by atoms with Gasteiger partial charge in [-0.25, -0.2) is 0 Å². The van der Waals surface area contributed by atoms with Crippen molar-refractivity contribution >= 4 is 11.6 Å². The van der Waals surface area contributed by atoms with Crippen LogP contribution in [0.1, 0.15) is 56.1 Å². The van der Waals surface area contributed by atoms with Crippen LogP contribution in [0, 0.1) is 0 Å². The second-order valence-corrected chi connectivity index (χ2v) is 9.05. The van der Waals surface area contributed by atoms with E-state index in [-0.39, 0.29) is 5.54 Å². The van der Waals surface area contributed by atoms with Crippen molar-refractivity contribution in [2.24, 2.45) is 10.7 Å². The van der Waals surface area contributed by atoms with Crippen molar-refractivity contribution in [2.75, 3.05) is 45.1 Å². The lowest BCUT2D eigenvalue weighted by atomic mass is 9.84. The monoisotopic (exact) mass is 383 g/mol. The maximum Gasteiger partial charge on any atom is 0.193 e. The van der Waals surface area contributed by atoms with Gasteiger partial charge in [-0.1, -0.05) is 18.6 Å². The zero-order chi connectivity index (χ0) is 19.4. The van der Waals surface area contributed by atoms with Gasteiger partial charge < -0.3 is 16.0 Å². The Morgan fingerprint density at radius 2 is 1.79 bits per heavy atom. The Morgan fingerprint density at radius 1 is 1.04 bits per heavy atom. The predicted molar refractivity (Wildman–Crippen MR) is 118 cm³/mol. The van der Waals surface area contributed by atoms with Crippen molar-refractivity contribution in [3.05, 3.63) is 29.3 Å². The van der Waals surface area contributed by atoms with Gasteiger partial charge in [-0.3, -0.25) is 9.89 Å². The summed E-state index contributed by atoms with van der Waals surface area (Å²) in [6, 6.07) is 6.56. The summed E-state index contributed by atoms with van der Waals surface area (Å²) in [5.74, 6) is 0.578. The molecule has 5 heteroatoms. The van der Waals surface area contributed by atoms with Crippen LogP contribution >= 0.6 is 0 Å². The molecular formula is C23H37N5. The highest BCUT2D eigenvalue weighted by Crippen LogP contribution is 2.32. The van der Waals surface area contributed by atoms with Gasteiger partial charge in [0.15, 0.2) is 5.96 Å². The lowest BCUT2D eigenvalue weighted by Gasteiger charge is -2.49. The molecule has 0 radical (unpaired) electrons. The van der Waals surface area contributed by atoms with Gasteiger partial charge in [-0.15, -0.1) is 0 Å². The van der Waals surface area contributed by atoms with Crippen LogP contribution in [0.5, 0.6) is 0 Å². The average Bonchev–Trinajstić information content (AvgIpc) is 2.75. The van der Waals surface area contributed by atoms with Crippen molar-refractivity contribution in [2.45, 2.75) is 63.3 Å². The normalized spacial score (nSPS) is 24.0. The predicted octanol–water partition coefficient (Wildman–Crippen LogP) is 3.24. The van der Waals surface area contributed by atoms with E-state index in [4.69, 9.17) is 10.7 Å². The van der Waals surface area contributed by atoms with Crippen LogP contribution < -0.4 is 11.1 Å². The third-order valence-corrected chi connectivity index (χ3v) is 7.15. The zero-order valence-corrected chi connectivity index (χ0v) is 17.6. The zero-order valence-electron chi connectivity index (χ0n) is 17.6. The molecular weight excluding hydrogens is 346 g/mol. The number of nitrogens with two attached hydrogens (primary N) is 1. The fourth-order valence-electron chi connectivity index (χ4n) is 5.29. The summed E-state index contributed by atoms with van der Waals surface area (Å²) in [4.78, 5) is 10.1. The van der Waals surface area contributed by atoms with Crippen LogP contribution in [0.3, 0.4) is 0 Å². The maximum absolute atomic E-state index is 6.38. The first-order chi connectivity index (χ1) is 13.7. The van der Waals surface area contributed by atoms with Crippen molar-refractivity contribution in [1.29, 1.82) is 0 Å². The minimum atomic E-state index is 0.190. The van der Waals surface area contributed by atoms with E-state index in [0.717, 1.165) is 31.7 Å². The number of nitrogens with zero attached hydrogens (tertiary/aromatic N) is 3. The molecule has 1 aliphatic carbocycles. The van der Waals surface area contributed by atoms with E-state index in [9.17, 15) is 0 Å². The average molecular weight is 384 g/mol. The highest BCUT2D eigenvalue weighted by Gasteiger charge is 2.39. The van der Waals surface area contributed by atoms with Crippen LogP contribution in [-0.2, 0) is 12.8 Å². The number of hydrogen-bond acceptors (Lipinski definition) is 3. The van der Waals surface area contributed by atoms with E-state index >= 15 is 0 Å². The van der Waals surface area contributed by atoms with E-state index < -0.39 is 0 Å². The van der Waals surface area contributed by atoms with Crippen molar-refractivity contribution in [3.8, 4) is 0 Å². The Balaban J connectivity index is 1.47. The molecule has 2 aliphatic heterocycles. The number of anilines is 1. The molecule has 154 valence electrons. The van der Waals surface area contributed by atoms with Crippen molar-refractivity contribution < 1.29 is 0 Å². The van der Waals surface area contributed by atoms with Gasteiger partial charge in [0.05, 0.1) is 6.54 Å². The van der Waals surface area contributed by atoms with E-state index in [0.29, 0.717) is 5.96 Å². The summed E-state index contributed by atoms with van der Waals surface area (Å²) in [7, 11) is 2.23. The second kappa shape index (κ2) is 8.83. The SMILES string of the molecule is CN1CCC(CN=C(N)Nc2cccc3c2CCCC3)(N2CCCCC2)CC1. The van der Waals surface area contributed by atoms with Gasteiger partial charge in [0.1, 0.15) is 0 Å². The molecule has 0 spiro atoms. The number of benzene rings is 1. The summed E-state index contributed by atoms with van der Waals surface area (Å²) in [5.41, 5.74) is 10.7. The standard InChI is InChI=1S/C23H37N5/c1-27-16-12-23(13-17-27,28-14-5-2-6-15-28)18-25-22(24)26-21-11-7-9-19-8-3-4-10-20(19)21/h7,9,11H,2-6,8,10,12-18H2,1H3,(H3,24,25,26). The third kappa shape index (κ3) is 4.36. The number of fused-ring (bicyclic) bond motifs is 1. The number of likely N-dealkylation sites (tertiary alicyclic amines) is 2. The Hall–Kier alpha value is -1.59. The third-order valence-electron chi connectivity index (χ3n) is 7.15. The van der Waals surface area contributed by atoms with Crippen LogP contribution in [-0.4, -0.2) is 61.1 Å². The molecule has 1 aromatic carbocycles. The molecule has 0 unspecified atom stereocenters. The van der Waals surface area contributed by atoms with Crippen LogP contribution in [0.2, 0.25) is 0 Å². The molecule has 2 saturated heterocycles. The molecule has 0 atom stereocenters. The van der Waals surface area contributed by atoms with Gasteiger partial charge in [0.25, 0.3) is 0 Å². The molecule has 2 heterocycles. The van der Waals surface area contributed by atoms with Crippen LogP contribution in [0.4, 0.5) is 5.69 Å². The van der Waals surface area contributed by atoms with Crippen molar-refractivity contribution in [1.82, 2.24) is 9.80 Å². The number of rotatable bonds is 4. The molecule has 1 aromatic rings. The van der Waals surface area contributed by atoms with Gasteiger partial charge in [-0.2, -0.15) is 0 Å². The number of guanidine groups is 1. The first kappa shape index (κ1) is 19.7. The number of aliphatic imine (C=N–C) groups is 1. The molecule has 0 aromatic heterocycles. The van der Waals surface area contributed by atoms with Gasteiger partial charge in [0.2, 0.25) is 0 Å². The Morgan fingerprint density at radius 3 is 2.57 bits per heavy atom. The number of hydrogen-bond donors (Lipinski definition) is 2. The molecule has 5 nitrogen and oxygen atoms in total. The number of piperidine rings is 2. The minimum Gasteiger partial charge on any atom is -0.370 e. The molecule has 0 saturated carbocycles. The quantitative estimate of drug-likeness (QED) is 0.619. The molecule has 3 N–H and O–H groups in total.